The summed E-state index contributed by atoms with van der Waals surface area (Å²) in [5, 5.41) is 9.22. The van der Waals surface area contributed by atoms with Crippen LogP contribution in [0.15, 0.2) is 5.38 Å². The third-order valence-corrected chi connectivity index (χ3v) is 3.91. The van der Waals surface area contributed by atoms with Gasteiger partial charge in [0, 0.05) is 24.4 Å². The van der Waals surface area contributed by atoms with E-state index >= 15 is 0 Å². The van der Waals surface area contributed by atoms with Gasteiger partial charge in [-0.3, -0.25) is 4.79 Å². The molecule has 0 spiro atoms. The molecule has 2 N–H and O–H groups in total. The number of hydrogen-bond donors (Lipinski definition) is 2. The van der Waals surface area contributed by atoms with Crippen LogP contribution in [0.5, 0.6) is 0 Å². The van der Waals surface area contributed by atoms with E-state index in [0.29, 0.717) is 24.2 Å². The Bertz CT molecular complexity index is 406. The molecule has 1 aromatic rings. The summed E-state index contributed by atoms with van der Waals surface area (Å²) in [6.45, 7) is 6.09. The van der Waals surface area contributed by atoms with Crippen molar-refractivity contribution in [3.63, 3.8) is 0 Å². The number of amides is 1. The number of nitrogens with one attached hydrogen (secondary N) is 2. The Labute approximate surface area is 137 Å². The summed E-state index contributed by atoms with van der Waals surface area (Å²) in [6, 6.07) is 0.433. The van der Waals surface area contributed by atoms with Crippen molar-refractivity contribution in [2.45, 2.75) is 39.2 Å². The molecule has 0 bridgehead atoms. The molecule has 1 fully saturated rings. The molecule has 2 rings (SSSR count). The van der Waals surface area contributed by atoms with Crippen LogP contribution in [0.3, 0.4) is 0 Å². The van der Waals surface area contributed by atoms with E-state index in [1.165, 1.54) is 6.42 Å². The van der Waals surface area contributed by atoms with Crippen LogP contribution in [-0.2, 0) is 6.42 Å². The zero-order valence-corrected chi connectivity index (χ0v) is 14.3. The molecule has 1 atom stereocenters. The minimum Gasteiger partial charge on any atom is -0.349 e. The number of carbonyl (C=O) groups excluding carboxylic acids is 1. The highest BCUT2D eigenvalue weighted by atomic mass is 35.5. The second-order valence-corrected chi connectivity index (χ2v) is 6.17. The Kier molecular flexibility index (Phi) is 9.38. The molecular weight excluding hydrogens is 317 g/mol. The minimum atomic E-state index is -0.0463. The number of rotatable bonds is 5. The average Bonchev–Trinajstić information content (AvgIpc) is 2.95. The van der Waals surface area contributed by atoms with Gasteiger partial charge < -0.3 is 10.6 Å². The molecule has 0 radical (unpaired) electrons. The summed E-state index contributed by atoms with van der Waals surface area (Å²) in [7, 11) is 0. The van der Waals surface area contributed by atoms with E-state index in [9.17, 15) is 4.79 Å². The average molecular weight is 340 g/mol. The van der Waals surface area contributed by atoms with Crippen molar-refractivity contribution >= 4 is 42.1 Å². The predicted molar refractivity (Wildman–Crippen MR) is 88.5 cm³/mol. The van der Waals surface area contributed by atoms with Crippen molar-refractivity contribution in [1.29, 1.82) is 0 Å². The first kappa shape index (κ1) is 19.6. The summed E-state index contributed by atoms with van der Waals surface area (Å²) >= 11 is 1.58. The quantitative estimate of drug-likeness (QED) is 0.866. The molecule has 1 aliphatic rings. The van der Waals surface area contributed by atoms with Gasteiger partial charge in [-0.1, -0.05) is 13.8 Å². The van der Waals surface area contributed by atoms with Crippen LogP contribution in [0.1, 0.15) is 42.2 Å². The first-order valence-electron chi connectivity index (χ1n) is 6.61. The lowest BCUT2D eigenvalue weighted by molar-refractivity contribution is 0.0946. The molecule has 1 aromatic heterocycles. The van der Waals surface area contributed by atoms with Gasteiger partial charge in [0.15, 0.2) is 0 Å². The lowest BCUT2D eigenvalue weighted by Crippen LogP contribution is -2.37. The van der Waals surface area contributed by atoms with Crippen molar-refractivity contribution in [3.05, 3.63) is 16.1 Å². The lowest BCUT2D eigenvalue weighted by Gasteiger charge is -2.10. The largest absolute Gasteiger partial charge is 0.349 e. The van der Waals surface area contributed by atoms with Crippen molar-refractivity contribution in [2.24, 2.45) is 5.92 Å². The van der Waals surface area contributed by atoms with Gasteiger partial charge in [-0.15, -0.1) is 36.2 Å². The Morgan fingerprint density at radius 1 is 1.55 bits per heavy atom. The summed E-state index contributed by atoms with van der Waals surface area (Å²) < 4.78 is 0. The minimum absolute atomic E-state index is 0. The molecule has 7 heteroatoms. The topological polar surface area (TPSA) is 54.0 Å². The number of thiazole rings is 1. The van der Waals surface area contributed by atoms with Gasteiger partial charge >= 0.3 is 0 Å². The van der Waals surface area contributed by atoms with Crippen LogP contribution >= 0.6 is 36.2 Å². The van der Waals surface area contributed by atoms with Gasteiger partial charge in [0.2, 0.25) is 0 Å². The third-order valence-electron chi connectivity index (χ3n) is 3.04. The highest BCUT2D eigenvalue weighted by Gasteiger charge is 2.16. The van der Waals surface area contributed by atoms with E-state index in [2.05, 4.69) is 29.5 Å². The summed E-state index contributed by atoms with van der Waals surface area (Å²) in [5.74, 6) is 0.532. The maximum absolute atomic E-state index is 11.9. The molecular formula is C13H23Cl2N3OS. The highest BCUT2D eigenvalue weighted by Crippen LogP contribution is 2.14. The van der Waals surface area contributed by atoms with Crippen LogP contribution in [0.25, 0.3) is 0 Å². The van der Waals surface area contributed by atoms with Crippen LogP contribution in [0.4, 0.5) is 0 Å². The maximum atomic E-state index is 11.9. The Balaban J connectivity index is 0.00000180. The predicted octanol–water partition coefficient (Wildman–Crippen LogP) is 2.67. The fraction of sp³-hybridized carbons (Fsp3) is 0.692. The SMILES string of the molecule is CC(C)Cc1nc(C(=O)NCC2CCCN2)cs1.Cl.Cl. The second-order valence-electron chi connectivity index (χ2n) is 5.23. The Hall–Kier alpha value is -0.360. The number of hydrogen-bond acceptors (Lipinski definition) is 4. The lowest BCUT2D eigenvalue weighted by atomic mass is 10.1. The molecule has 0 saturated carbocycles. The summed E-state index contributed by atoms with van der Waals surface area (Å²) in [5.41, 5.74) is 0.564. The van der Waals surface area contributed by atoms with Crippen LogP contribution < -0.4 is 10.6 Å². The number of halogens is 2. The van der Waals surface area contributed by atoms with E-state index in [0.717, 1.165) is 24.4 Å². The van der Waals surface area contributed by atoms with Crippen LogP contribution in [0.2, 0.25) is 0 Å². The van der Waals surface area contributed by atoms with Crippen LogP contribution in [0, 0.1) is 5.92 Å². The molecule has 0 aromatic carbocycles. The molecule has 0 aliphatic carbocycles. The van der Waals surface area contributed by atoms with Gasteiger partial charge in [-0.2, -0.15) is 0 Å². The number of carbonyl (C=O) groups is 1. The van der Waals surface area contributed by atoms with Crippen LogP contribution in [-0.4, -0.2) is 30.0 Å². The fourth-order valence-corrected chi connectivity index (χ4v) is 3.08. The van der Waals surface area contributed by atoms with E-state index < -0.39 is 0 Å². The van der Waals surface area contributed by atoms with E-state index in [1.807, 2.05) is 5.38 Å². The van der Waals surface area contributed by atoms with Crippen molar-refractivity contribution in [1.82, 2.24) is 15.6 Å². The molecule has 1 aliphatic heterocycles. The van der Waals surface area contributed by atoms with E-state index in [1.54, 1.807) is 11.3 Å². The van der Waals surface area contributed by atoms with E-state index in [-0.39, 0.29) is 30.7 Å². The zero-order chi connectivity index (χ0) is 13.0. The van der Waals surface area contributed by atoms with Gasteiger partial charge in [0.25, 0.3) is 5.91 Å². The molecule has 116 valence electrons. The highest BCUT2D eigenvalue weighted by molar-refractivity contribution is 7.09. The molecule has 20 heavy (non-hydrogen) atoms. The van der Waals surface area contributed by atoms with Crippen molar-refractivity contribution in [2.75, 3.05) is 13.1 Å². The fourth-order valence-electron chi connectivity index (χ4n) is 2.10. The first-order valence-corrected chi connectivity index (χ1v) is 7.49. The molecule has 1 amide bonds. The molecule has 2 heterocycles. The monoisotopic (exact) mass is 339 g/mol. The molecule has 1 saturated heterocycles. The van der Waals surface area contributed by atoms with Gasteiger partial charge in [0.1, 0.15) is 5.69 Å². The zero-order valence-electron chi connectivity index (χ0n) is 11.8. The Morgan fingerprint density at radius 2 is 2.30 bits per heavy atom. The van der Waals surface area contributed by atoms with E-state index in [4.69, 9.17) is 0 Å². The van der Waals surface area contributed by atoms with Gasteiger partial charge in [0.05, 0.1) is 5.01 Å². The summed E-state index contributed by atoms with van der Waals surface area (Å²) in [6.07, 6.45) is 3.30. The van der Waals surface area contributed by atoms with Crippen molar-refractivity contribution < 1.29 is 4.79 Å². The van der Waals surface area contributed by atoms with Gasteiger partial charge in [-0.25, -0.2) is 4.98 Å². The third kappa shape index (κ3) is 5.95. The van der Waals surface area contributed by atoms with Gasteiger partial charge in [-0.05, 0) is 25.3 Å². The maximum Gasteiger partial charge on any atom is 0.270 e. The number of nitrogens with zero attached hydrogens (tertiary/aromatic N) is 1. The normalized spacial score (nSPS) is 17.4. The molecule has 4 nitrogen and oxygen atoms in total. The first-order chi connectivity index (χ1) is 8.65. The smallest absolute Gasteiger partial charge is 0.270 e. The van der Waals surface area contributed by atoms with Crippen molar-refractivity contribution in [3.8, 4) is 0 Å². The number of aromatic nitrogens is 1. The second kappa shape index (κ2) is 9.55. The summed E-state index contributed by atoms with van der Waals surface area (Å²) in [4.78, 5) is 16.3. The molecule has 1 unspecified atom stereocenters. The standard InChI is InChI=1S/C13H21N3OS.2ClH/c1-9(2)6-12-16-11(8-18-12)13(17)15-7-10-4-3-5-14-10;;/h8-10,14H,3-7H2,1-2H3,(H,15,17);2*1H. The Morgan fingerprint density at radius 3 is 2.90 bits per heavy atom.